The predicted octanol–water partition coefficient (Wildman–Crippen LogP) is 7.71. The summed E-state index contributed by atoms with van der Waals surface area (Å²) in [4.78, 5) is 0. The molecule has 0 aliphatic heterocycles. The minimum atomic E-state index is -4.62. The van der Waals surface area contributed by atoms with Crippen molar-refractivity contribution >= 4 is 0 Å². The molecule has 1 aromatic carbocycles. The van der Waals surface area contributed by atoms with Crippen LogP contribution >= 0.6 is 0 Å². The van der Waals surface area contributed by atoms with Gasteiger partial charge >= 0.3 is 6.36 Å². The van der Waals surface area contributed by atoms with Crippen molar-refractivity contribution in [1.29, 1.82) is 0 Å². The highest BCUT2D eigenvalue weighted by atomic mass is 19.4. The Morgan fingerprint density at radius 1 is 0.857 bits per heavy atom. The van der Waals surface area contributed by atoms with Crippen LogP contribution in [0.2, 0.25) is 0 Å². The molecule has 0 spiro atoms. The first-order valence-electron chi connectivity index (χ1n) is 11.3. The standard InChI is InChI=1S/C24H33F3O/c1-2-3-16-4-12-22-19(14-16)5-6-20-15-18(9-13-23(20)22)17-7-10-21(11-8-17)28-24(25,26)27/h7-8,10-11,16,18-20,22-23H,2-6,9,12-15H2,1H3/t16-,18?,19-,20+,22+,23+/m1/s1. The first kappa shape index (κ1) is 20.1. The molecule has 3 fully saturated rings. The van der Waals surface area contributed by atoms with Crippen LogP contribution in [-0.4, -0.2) is 6.36 Å². The monoisotopic (exact) mass is 394 g/mol. The van der Waals surface area contributed by atoms with Gasteiger partial charge in [0.1, 0.15) is 5.75 Å². The van der Waals surface area contributed by atoms with E-state index in [0.29, 0.717) is 5.92 Å². The number of fused-ring (bicyclic) bond motifs is 3. The van der Waals surface area contributed by atoms with E-state index in [-0.39, 0.29) is 5.75 Å². The van der Waals surface area contributed by atoms with Gasteiger partial charge in [0.15, 0.2) is 0 Å². The summed E-state index contributed by atoms with van der Waals surface area (Å²) in [6.45, 7) is 2.31. The molecule has 3 aliphatic carbocycles. The molecule has 1 nitrogen and oxygen atoms in total. The molecule has 4 heteroatoms. The van der Waals surface area contributed by atoms with Gasteiger partial charge in [0, 0.05) is 0 Å². The van der Waals surface area contributed by atoms with Gasteiger partial charge in [0.2, 0.25) is 0 Å². The van der Waals surface area contributed by atoms with Crippen LogP contribution in [-0.2, 0) is 0 Å². The predicted molar refractivity (Wildman–Crippen MR) is 105 cm³/mol. The smallest absolute Gasteiger partial charge is 0.406 e. The van der Waals surface area contributed by atoms with Gasteiger partial charge < -0.3 is 4.74 Å². The van der Waals surface area contributed by atoms with Crippen LogP contribution in [0, 0.1) is 29.6 Å². The second-order valence-corrected chi connectivity index (χ2v) is 9.52. The molecular weight excluding hydrogens is 361 g/mol. The number of alkyl halides is 3. The maximum absolute atomic E-state index is 12.4. The Morgan fingerprint density at radius 3 is 2.14 bits per heavy atom. The Hall–Kier alpha value is -1.19. The normalized spacial score (nSPS) is 35.7. The van der Waals surface area contributed by atoms with Crippen molar-refractivity contribution in [2.45, 2.75) is 83.4 Å². The molecule has 6 atom stereocenters. The number of hydrogen-bond donors (Lipinski definition) is 0. The molecule has 1 unspecified atom stereocenters. The fraction of sp³-hybridized carbons (Fsp3) is 0.750. The maximum atomic E-state index is 12.4. The Labute approximate surface area is 167 Å². The van der Waals surface area contributed by atoms with Crippen LogP contribution in [0.5, 0.6) is 5.75 Å². The minimum absolute atomic E-state index is 0.116. The van der Waals surface area contributed by atoms with Crippen molar-refractivity contribution in [2.75, 3.05) is 0 Å². The summed E-state index contributed by atoms with van der Waals surface area (Å²) < 4.78 is 41.1. The summed E-state index contributed by atoms with van der Waals surface area (Å²) in [5.74, 6) is 4.96. The van der Waals surface area contributed by atoms with Crippen LogP contribution in [0.1, 0.15) is 82.6 Å². The van der Waals surface area contributed by atoms with E-state index >= 15 is 0 Å². The van der Waals surface area contributed by atoms with Gasteiger partial charge in [-0.15, -0.1) is 13.2 Å². The molecule has 0 saturated heterocycles. The zero-order chi connectivity index (χ0) is 19.7. The second-order valence-electron chi connectivity index (χ2n) is 9.52. The van der Waals surface area contributed by atoms with Crippen LogP contribution in [0.25, 0.3) is 0 Å². The van der Waals surface area contributed by atoms with Crippen LogP contribution in [0.3, 0.4) is 0 Å². The zero-order valence-electron chi connectivity index (χ0n) is 16.9. The van der Waals surface area contributed by atoms with Crippen molar-refractivity contribution in [1.82, 2.24) is 0 Å². The van der Waals surface area contributed by atoms with Crippen LogP contribution < -0.4 is 4.74 Å². The minimum Gasteiger partial charge on any atom is -0.406 e. The number of halogens is 3. The third-order valence-corrected chi connectivity index (χ3v) is 7.93. The lowest BCUT2D eigenvalue weighted by atomic mass is 9.55. The molecule has 0 radical (unpaired) electrons. The molecule has 4 rings (SSSR count). The molecule has 0 aromatic heterocycles. The van der Waals surface area contributed by atoms with E-state index in [4.69, 9.17) is 0 Å². The van der Waals surface area contributed by atoms with Crippen LogP contribution in [0.4, 0.5) is 13.2 Å². The van der Waals surface area contributed by atoms with E-state index < -0.39 is 6.36 Å². The highest BCUT2D eigenvalue weighted by Crippen LogP contribution is 2.55. The molecule has 28 heavy (non-hydrogen) atoms. The van der Waals surface area contributed by atoms with Crippen molar-refractivity contribution < 1.29 is 17.9 Å². The lowest BCUT2D eigenvalue weighted by Gasteiger charge is -2.51. The summed E-state index contributed by atoms with van der Waals surface area (Å²) >= 11 is 0. The van der Waals surface area contributed by atoms with Gasteiger partial charge in [-0.3, -0.25) is 0 Å². The van der Waals surface area contributed by atoms with Gasteiger partial charge in [-0.1, -0.05) is 38.3 Å². The van der Waals surface area contributed by atoms with Gasteiger partial charge in [0.25, 0.3) is 0 Å². The SMILES string of the molecule is CCC[C@@H]1CC[C@H]2[C@H](CC[C@H]3CC(c4ccc(OC(F)(F)F)cc4)CC[C@@H]32)C1. The maximum Gasteiger partial charge on any atom is 0.573 e. The average molecular weight is 395 g/mol. The Kier molecular flexibility index (Phi) is 5.94. The highest BCUT2D eigenvalue weighted by molar-refractivity contribution is 5.30. The molecular formula is C24H33F3O. The number of ether oxygens (including phenoxy) is 1. The van der Waals surface area contributed by atoms with E-state index in [0.717, 1.165) is 29.6 Å². The van der Waals surface area contributed by atoms with Crippen molar-refractivity contribution in [3.05, 3.63) is 29.8 Å². The zero-order valence-corrected chi connectivity index (χ0v) is 16.9. The molecule has 0 heterocycles. The molecule has 0 amide bonds. The molecule has 3 saturated carbocycles. The Balaban J connectivity index is 1.36. The average Bonchev–Trinajstić information content (AvgIpc) is 2.67. The van der Waals surface area contributed by atoms with Gasteiger partial charge in [-0.25, -0.2) is 0 Å². The van der Waals surface area contributed by atoms with Gasteiger partial charge in [-0.05, 0) is 98.1 Å². The first-order chi connectivity index (χ1) is 13.4. The van der Waals surface area contributed by atoms with E-state index in [1.807, 2.05) is 12.1 Å². The Morgan fingerprint density at radius 2 is 1.50 bits per heavy atom. The van der Waals surface area contributed by atoms with E-state index in [1.165, 1.54) is 81.9 Å². The van der Waals surface area contributed by atoms with E-state index in [1.54, 1.807) is 0 Å². The topological polar surface area (TPSA) is 9.23 Å². The summed E-state index contributed by atoms with van der Waals surface area (Å²) in [5.41, 5.74) is 1.18. The third-order valence-electron chi connectivity index (χ3n) is 7.93. The number of hydrogen-bond acceptors (Lipinski definition) is 1. The lowest BCUT2D eigenvalue weighted by Crippen LogP contribution is -2.41. The van der Waals surface area contributed by atoms with Crippen LogP contribution in [0.15, 0.2) is 24.3 Å². The van der Waals surface area contributed by atoms with Gasteiger partial charge in [-0.2, -0.15) is 0 Å². The summed E-state index contributed by atoms with van der Waals surface area (Å²) in [6, 6.07) is 6.63. The molecule has 1 aromatic rings. The van der Waals surface area contributed by atoms with Crippen molar-refractivity contribution in [3.63, 3.8) is 0 Å². The molecule has 3 aliphatic rings. The fourth-order valence-electron chi connectivity index (χ4n) is 6.81. The van der Waals surface area contributed by atoms with Gasteiger partial charge in [0.05, 0.1) is 0 Å². The lowest BCUT2D eigenvalue weighted by molar-refractivity contribution is -0.274. The molecule has 156 valence electrons. The quantitative estimate of drug-likeness (QED) is 0.508. The molecule has 0 N–H and O–H groups in total. The number of benzene rings is 1. The molecule has 0 bridgehead atoms. The summed E-state index contributed by atoms with van der Waals surface area (Å²) in [7, 11) is 0. The second kappa shape index (κ2) is 8.28. The summed E-state index contributed by atoms with van der Waals surface area (Å²) in [6.07, 6.45) is 8.90. The van der Waals surface area contributed by atoms with E-state index in [9.17, 15) is 13.2 Å². The van der Waals surface area contributed by atoms with Crippen molar-refractivity contribution in [3.8, 4) is 5.75 Å². The van der Waals surface area contributed by atoms with E-state index in [2.05, 4.69) is 11.7 Å². The van der Waals surface area contributed by atoms with Crippen molar-refractivity contribution in [2.24, 2.45) is 29.6 Å². The largest absolute Gasteiger partial charge is 0.573 e. The Bertz CT molecular complexity index is 638. The first-order valence-corrected chi connectivity index (χ1v) is 11.3. The third kappa shape index (κ3) is 4.52. The number of rotatable bonds is 4. The summed E-state index contributed by atoms with van der Waals surface area (Å²) in [5, 5.41) is 0. The fourth-order valence-corrected chi connectivity index (χ4v) is 6.81. The highest BCUT2D eigenvalue weighted by Gasteiger charge is 2.44.